The number of fused-ring (bicyclic) bond motifs is 1. The molecule has 138 valence electrons. The first kappa shape index (κ1) is 17.5. The van der Waals surface area contributed by atoms with Crippen molar-refractivity contribution in [2.24, 2.45) is 4.99 Å². The predicted molar refractivity (Wildman–Crippen MR) is 105 cm³/mol. The smallest absolute Gasteiger partial charge is 0.335 e. The third kappa shape index (κ3) is 3.50. The maximum atomic E-state index is 12.8. The van der Waals surface area contributed by atoms with E-state index in [1.54, 1.807) is 12.1 Å². The molecule has 1 unspecified atom stereocenters. The van der Waals surface area contributed by atoms with E-state index in [-0.39, 0.29) is 17.5 Å². The Morgan fingerprint density at radius 2 is 1.74 bits per heavy atom. The van der Waals surface area contributed by atoms with Crippen LogP contribution in [0.3, 0.4) is 0 Å². The quantitative estimate of drug-likeness (QED) is 0.799. The largest absolute Gasteiger partial charge is 0.478 e. The molecule has 4 rings (SSSR count). The first-order valence-electron chi connectivity index (χ1n) is 9.44. The van der Waals surface area contributed by atoms with E-state index in [1.165, 1.54) is 25.3 Å². The first-order valence-corrected chi connectivity index (χ1v) is 9.44. The molecule has 1 aliphatic heterocycles. The highest BCUT2D eigenvalue weighted by atomic mass is 16.4. The number of carboxylic acids is 1. The number of anilines is 1. The molecule has 5 nitrogen and oxygen atoms in total. The number of aromatic carboxylic acids is 1. The SMILES string of the molecule is O=C(O)c1ccc2c(c1)NC(=O)C2C(=NC1CCCCC1)c1ccccc1. The van der Waals surface area contributed by atoms with Crippen molar-refractivity contribution in [3.8, 4) is 0 Å². The number of hydrogen-bond acceptors (Lipinski definition) is 3. The van der Waals surface area contributed by atoms with Gasteiger partial charge in [0.1, 0.15) is 5.92 Å². The van der Waals surface area contributed by atoms with Crippen molar-refractivity contribution in [1.82, 2.24) is 0 Å². The van der Waals surface area contributed by atoms with E-state index in [9.17, 15) is 14.7 Å². The van der Waals surface area contributed by atoms with Crippen molar-refractivity contribution in [2.75, 3.05) is 5.32 Å². The van der Waals surface area contributed by atoms with Crippen LogP contribution in [0.5, 0.6) is 0 Å². The molecule has 0 radical (unpaired) electrons. The summed E-state index contributed by atoms with van der Waals surface area (Å²) in [7, 11) is 0. The number of nitrogens with zero attached hydrogens (tertiary/aromatic N) is 1. The average Bonchev–Trinajstić information content (AvgIpc) is 3.02. The van der Waals surface area contributed by atoms with Crippen LogP contribution in [0.2, 0.25) is 0 Å². The monoisotopic (exact) mass is 362 g/mol. The molecule has 0 spiro atoms. The van der Waals surface area contributed by atoms with Gasteiger partial charge in [0.2, 0.25) is 5.91 Å². The molecule has 1 amide bonds. The molecule has 1 atom stereocenters. The van der Waals surface area contributed by atoms with Crippen molar-refractivity contribution in [3.63, 3.8) is 0 Å². The molecule has 1 heterocycles. The summed E-state index contributed by atoms with van der Waals surface area (Å²) >= 11 is 0. The summed E-state index contributed by atoms with van der Waals surface area (Å²) in [5.41, 5.74) is 3.25. The summed E-state index contributed by atoms with van der Waals surface area (Å²) in [6, 6.07) is 14.9. The highest BCUT2D eigenvalue weighted by Crippen LogP contribution is 2.36. The summed E-state index contributed by atoms with van der Waals surface area (Å²) < 4.78 is 0. The van der Waals surface area contributed by atoms with Crippen LogP contribution in [0, 0.1) is 0 Å². The van der Waals surface area contributed by atoms with Gasteiger partial charge in [0.05, 0.1) is 17.3 Å². The van der Waals surface area contributed by atoms with Gasteiger partial charge in [-0.25, -0.2) is 4.79 Å². The van der Waals surface area contributed by atoms with E-state index >= 15 is 0 Å². The summed E-state index contributed by atoms with van der Waals surface area (Å²) in [4.78, 5) is 29.1. The molecule has 2 aliphatic rings. The first-order chi connectivity index (χ1) is 13.1. The highest BCUT2D eigenvalue weighted by molar-refractivity contribution is 6.23. The molecule has 1 fully saturated rings. The van der Waals surface area contributed by atoms with Crippen LogP contribution in [0.1, 0.15) is 59.5 Å². The normalized spacial score (nSPS) is 20.2. The lowest BCUT2D eigenvalue weighted by Gasteiger charge is -2.21. The van der Waals surface area contributed by atoms with Gasteiger partial charge < -0.3 is 10.4 Å². The fraction of sp³-hybridized carbons (Fsp3) is 0.318. The fourth-order valence-corrected chi connectivity index (χ4v) is 4.00. The second kappa shape index (κ2) is 7.35. The number of carboxylic acid groups (broad SMARTS) is 1. The fourth-order valence-electron chi connectivity index (χ4n) is 4.00. The Balaban J connectivity index is 1.78. The second-order valence-corrected chi connectivity index (χ2v) is 7.20. The Kier molecular flexibility index (Phi) is 4.75. The van der Waals surface area contributed by atoms with E-state index in [1.807, 2.05) is 30.3 Å². The van der Waals surface area contributed by atoms with Crippen molar-refractivity contribution >= 4 is 23.3 Å². The van der Waals surface area contributed by atoms with Gasteiger partial charge in [0.15, 0.2) is 0 Å². The van der Waals surface area contributed by atoms with E-state index in [0.29, 0.717) is 5.69 Å². The molecule has 2 aromatic rings. The highest BCUT2D eigenvalue weighted by Gasteiger charge is 2.36. The Morgan fingerprint density at radius 3 is 2.44 bits per heavy atom. The summed E-state index contributed by atoms with van der Waals surface area (Å²) in [6.45, 7) is 0. The molecular weight excluding hydrogens is 340 g/mol. The Labute approximate surface area is 158 Å². The maximum Gasteiger partial charge on any atom is 0.335 e. The van der Waals surface area contributed by atoms with Crippen LogP contribution >= 0.6 is 0 Å². The molecule has 0 aromatic heterocycles. The molecular formula is C22H22N2O3. The van der Waals surface area contributed by atoms with Gasteiger partial charge in [0, 0.05) is 5.69 Å². The summed E-state index contributed by atoms with van der Waals surface area (Å²) in [6.07, 6.45) is 5.69. The number of carbonyl (C=O) groups excluding carboxylic acids is 1. The van der Waals surface area contributed by atoms with Crippen molar-refractivity contribution < 1.29 is 14.7 Å². The number of nitrogens with one attached hydrogen (secondary N) is 1. The van der Waals surface area contributed by atoms with Gasteiger partial charge in [-0.15, -0.1) is 0 Å². The number of amides is 1. The van der Waals surface area contributed by atoms with Gasteiger partial charge in [-0.1, -0.05) is 55.7 Å². The van der Waals surface area contributed by atoms with Gasteiger partial charge in [-0.3, -0.25) is 9.79 Å². The standard InChI is InChI=1S/C22H22N2O3/c25-21-19(17-12-11-15(22(26)27)13-18(17)24-21)20(14-7-3-1-4-8-14)23-16-9-5-2-6-10-16/h1,3-4,7-8,11-13,16,19H,2,5-6,9-10H2,(H,24,25)(H,26,27). The third-order valence-electron chi connectivity index (χ3n) is 5.37. The average molecular weight is 362 g/mol. The zero-order valence-electron chi connectivity index (χ0n) is 15.0. The van der Waals surface area contributed by atoms with E-state index < -0.39 is 11.9 Å². The van der Waals surface area contributed by atoms with Crippen molar-refractivity contribution in [1.29, 1.82) is 0 Å². The molecule has 2 N–H and O–H groups in total. The molecule has 5 heteroatoms. The minimum Gasteiger partial charge on any atom is -0.478 e. The topological polar surface area (TPSA) is 78.8 Å². The van der Waals surface area contributed by atoms with Crippen LogP contribution in [-0.2, 0) is 4.79 Å². The van der Waals surface area contributed by atoms with Gasteiger partial charge >= 0.3 is 5.97 Å². The van der Waals surface area contributed by atoms with Crippen LogP contribution in [0.15, 0.2) is 53.5 Å². The molecule has 2 aromatic carbocycles. The molecule has 27 heavy (non-hydrogen) atoms. The maximum absolute atomic E-state index is 12.8. The third-order valence-corrected chi connectivity index (χ3v) is 5.37. The number of carbonyl (C=O) groups is 2. The van der Waals surface area contributed by atoms with E-state index in [2.05, 4.69) is 5.32 Å². The number of hydrogen-bond donors (Lipinski definition) is 2. The van der Waals surface area contributed by atoms with Gasteiger partial charge in [0.25, 0.3) is 0 Å². The number of rotatable bonds is 4. The van der Waals surface area contributed by atoms with Gasteiger partial charge in [-0.05, 0) is 36.1 Å². The molecule has 0 saturated heterocycles. The van der Waals surface area contributed by atoms with E-state index in [0.717, 1.165) is 29.7 Å². The zero-order chi connectivity index (χ0) is 18.8. The van der Waals surface area contributed by atoms with E-state index in [4.69, 9.17) is 4.99 Å². The van der Waals surface area contributed by atoms with Crippen molar-refractivity contribution in [2.45, 2.75) is 44.1 Å². The minimum absolute atomic E-state index is 0.147. The molecule has 0 bridgehead atoms. The molecule has 1 saturated carbocycles. The Hall–Kier alpha value is -2.95. The lowest BCUT2D eigenvalue weighted by Crippen LogP contribution is -2.24. The van der Waals surface area contributed by atoms with Crippen LogP contribution in [0.25, 0.3) is 0 Å². The number of benzene rings is 2. The second-order valence-electron chi connectivity index (χ2n) is 7.20. The zero-order valence-corrected chi connectivity index (χ0v) is 15.0. The minimum atomic E-state index is -1.00. The summed E-state index contributed by atoms with van der Waals surface area (Å²) in [5, 5.41) is 12.1. The molecule has 1 aliphatic carbocycles. The lowest BCUT2D eigenvalue weighted by molar-refractivity contribution is -0.115. The van der Waals surface area contributed by atoms with Crippen LogP contribution in [-0.4, -0.2) is 28.7 Å². The van der Waals surface area contributed by atoms with Crippen LogP contribution < -0.4 is 5.32 Å². The van der Waals surface area contributed by atoms with Crippen LogP contribution in [0.4, 0.5) is 5.69 Å². The number of aliphatic imine (C=N–C) groups is 1. The Bertz CT molecular complexity index is 899. The Morgan fingerprint density at radius 1 is 1.00 bits per heavy atom. The van der Waals surface area contributed by atoms with Crippen molar-refractivity contribution in [3.05, 3.63) is 65.2 Å². The van der Waals surface area contributed by atoms with Gasteiger partial charge in [-0.2, -0.15) is 0 Å². The summed E-state index contributed by atoms with van der Waals surface area (Å²) in [5.74, 6) is -1.66. The lowest BCUT2D eigenvalue weighted by atomic mass is 9.89. The predicted octanol–water partition coefficient (Wildman–Crippen LogP) is 4.24.